The highest BCUT2D eigenvalue weighted by Gasteiger charge is 2.46. The molecule has 10 nitrogen and oxygen atoms in total. The van der Waals surface area contributed by atoms with E-state index in [1.165, 1.54) is 16.8 Å². The number of benzene rings is 1. The van der Waals surface area contributed by atoms with Crippen molar-refractivity contribution in [2.75, 3.05) is 33.0 Å². The summed E-state index contributed by atoms with van der Waals surface area (Å²) < 4.78 is 12.1. The van der Waals surface area contributed by atoms with Crippen molar-refractivity contribution in [2.45, 2.75) is 25.3 Å². The van der Waals surface area contributed by atoms with Crippen LogP contribution in [0.2, 0.25) is 0 Å². The highest BCUT2D eigenvalue weighted by atomic mass is 16.7. The molecule has 10 heteroatoms. The summed E-state index contributed by atoms with van der Waals surface area (Å²) in [5.41, 5.74) is 0.107. The minimum Gasteiger partial charge on any atom is -0.454 e. The molecular formula is C22H24N4O6. The number of amides is 2. The Morgan fingerprint density at radius 3 is 2.53 bits per heavy atom. The van der Waals surface area contributed by atoms with Crippen molar-refractivity contribution in [3.63, 3.8) is 0 Å². The molecule has 0 bridgehead atoms. The molecule has 1 aromatic heterocycles. The first-order valence-electron chi connectivity index (χ1n) is 10.8. The summed E-state index contributed by atoms with van der Waals surface area (Å²) in [6, 6.07) is 7.11. The number of piperazine rings is 1. The van der Waals surface area contributed by atoms with Crippen LogP contribution in [0, 0.1) is 5.92 Å². The molecule has 0 spiro atoms. The van der Waals surface area contributed by atoms with Crippen LogP contribution in [-0.2, 0) is 16.1 Å². The van der Waals surface area contributed by atoms with E-state index >= 15 is 0 Å². The van der Waals surface area contributed by atoms with Gasteiger partial charge in [-0.3, -0.25) is 19.4 Å². The number of nitrogens with zero attached hydrogens (tertiary/aromatic N) is 3. The summed E-state index contributed by atoms with van der Waals surface area (Å²) in [6.45, 7) is 2.41. The Morgan fingerprint density at radius 1 is 1.00 bits per heavy atom. The topological polar surface area (TPSA) is 114 Å². The highest BCUT2D eigenvalue weighted by Crippen LogP contribution is 2.50. The molecule has 1 saturated carbocycles. The zero-order valence-corrected chi connectivity index (χ0v) is 17.5. The third-order valence-electron chi connectivity index (χ3n) is 6.34. The predicted octanol–water partition coefficient (Wildman–Crippen LogP) is 0.130. The number of fused-ring (bicyclic) bond motifs is 1. The molecule has 1 unspecified atom stereocenters. The SMILES string of the molecule is O=C(CCn1ccc(=O)[nH]c1=O)N1CCN(C(=O)[C@@H]2CC2c2ccc3c(c2)OCO3)CC1. The minimum absolute atomic E-state index is 0.0234. The number of hydrogen-bond donors (Lipinski definition) is 1. The number of hydrogen-bond acceptors (Lipinski definition) is 6. The van der Waals surface area contributed by atoms with Crippen molar-refractivity contribution in [1.82, 2.24) is 19.4 Å². The molecule has 1 aromatic carbocycles. The zero-order valence-electron chi connectivity index (χ0n) is 17.5. The predicted molar refractivity (Wildman–Crippen MR) is 113 cm³/mol. The van der Waals surface area contributed by atoms with Crippen molar-refractivity contribution < 1.29 is 19.1 Å². The lowest BCUT2D eigenvalue weighted by Crippen LogP contribution is -2.51. The molecule has 0 radical (unpaired) electrons. The van der Waals surface area contributed by atoms with Crippen LogP contribution in [0.3, 0.4) is 0 Å². The molecule has 2 aliphatic heterocycles. The van der Waals surface area contributed by atoms with Gasteiger partial charge in [-0.15, -0.1) is 0 Å². The summed E-state index contributed by atoms with van der Waals surface area (Å²) in [4.78, 5) is 54.0. The maximum absolute atomic E-state index is 12.9. The lowest BCUT2D eigenvalue weighted by molar-refractivity contribution is -0.140. The number of nitrogens with one attached hydrogen (secondary N) is 1. The number of aromatic nitrogens is 2. The highest BCUT2D eigenvalue weighted by molar-refractivity contribution is 5.83. The normalized spacial score (nSPS) is 21.5. The number of H-pyrrole nitrogens is 1. The summed E-state index contributed by atoms with van der Waals surface area (Å²) in [6.07, 6.45) is 2.37. The molecule has 32 heavy (non-hydrogen) atoms. The monoisotopic (exact) mass is 440 g/mol. The number of rotatable bonds is 5. The van der Waals surface area contributed by atoms with Crippen molar-refractivity contribution in [2.24, 2.45) is 5.92 Å². The van der Waals surface area contributed by atoms with Gasteiger partial charge in [0.1, 0.15) is 0 Å². The minimum atomic E-state index is -0.526. The van der Waals surface area contributed by atoms with Gasteiger partial charge in [0, 0.05) is 57.3 Å². The first-order chi connectivity index (χ1) is 15.5. The van der Waals surface area contributed by atoms with Crippen LogP contribution in [0.4, 0.5) is 0 Å². The van der Waals surface area contributed by atoms with E-state index in [4.69, 9.17) is 9.47 Å². The van der Waals surface area contributed by atoms with Crippen molar-refractivity contribution in [3.05, 3.63) is 56.9 Å². The van der Waals surface area contributed by atoms with Gasteiger partial charge in [0.25, 0.3) is 5.56 Å². The molecule has 2 fully saturated rings. The summed E-state index contributed by atoms with van der Waals surface area (Å²) in [5, 5.41) is 0. The van der Waals surface area contributed by atoms with Gasteiger partial charge in [0.05, 0.1) is 0 Å². The molecule has 1 N–H and O–H groups in total. The van der Waals surface area contributed by atoms with Crippen LogP contribution in [0.1, 0.15) is 24.3 Å². The average molecular weight is 440 g/mol. The Hall–Kier alpha value is -3.56. The van der Waals surface area contributed by atoms with Crippen molar-refractivity contribution in [3.8, 4) is 11.5 Å². The molecule has 2 amide bonds. The van der Waals surface area contributed by atoms with Crippen molar-refractivity contribution in [1.29, 1.82) is 0 Å². The van der Waals surface area contributed by atoms with Gasteiger partial charge in [0.2, 0.25) is 18.6 Å². The Balaban J connectivity index is 1.11. The van der Waals surface area contributed by atoms with Crippen LogP contribution in [0.15, 0.2) is 40.1 Å². The molecular weight excluding hydrogens is 416 g/mol. The molecule has 1 saturated heterocycles. The fourth-order valence-electron chi connectivity index (χ4n) is 4.39. The number of aryl methyl sites for hydroxylation is 1. The lowest BCUT2D eigenvalue weighted by atomic mass is 10.1. The molecule has 2 aromatic rings. The Morgan fingerprint density at radius 2 is 1.75 bits per heavy atom. The van der Waals surface area contributed by atoms with Crippen LogP contribution in [0.25, 0.3) is 0 Å². The fourth-order valence-corrected chi connectivity index (χ4v) is 4.39. The van der Waals surface area contributed by atoms with Gasteiger partial charge in [-0.2, -0.15) is 0 Å². The maximum atomic E-state index is 12.9. The second-order valence-corrected chi connectivity index (χ2v) is 8.32. The van der Waals surface area contributed by atoms with E-state index in [9.17, 15) is 19.2 Å². The molecule has 2 atom stereocenters. The van der Waals surface area contributed by atoms with E-state index in [2.05, 4.69) is 4.98 Å². The van der Waals surface area contributed by atoms with Gasteiger partial charge in [-0.25, -0.2) is 4.79 Å². The number of carbonyl (C=O) groups excluding carboxylic acids is 2. The second-order valence-electron chi connectivity index (χ2n) is 8.32. The van der Waals surface area contributed by atoms with Crippen LogP contribution in [-0.4, -0.2) is 64.1 Å². The van der Waals surface area contributed by atoms with Crippen LogP contribution < -0.4 is 20.7 Å². The smallest absolute Gasteiger partial charge is 0.328 e. The van der Waals surface area contributed by atoms with E-state index in [0.29, 0.717) is 26.2 Å². The zero-order chi connectivity index (χ0) is 22.2. The van der Waals surface area contributed by atoms with Gasteiger partial charge >= 0.3 is 5.69 Å². The summed E-state index contributed by atoms with van der Waals surface area (Å²) >= 11 is 0. The Kier molecular flexibility index (Phi) is 5.20. The van der Waals surface area contributed by atoms with Crippen molar-refractivity contribution >= 4 is 11.8 Å². The van der Waals surface area contributed by atoms with Gasteiger partial charge in [-0.1, -0.05) is 6.07 Å². The third kappa shape index (κ3) is 4.00. The van der Waals surface area contributed by atoms with Crippen LogP contribution >= 0.6 is 0 Å². The standard InChI is InChI=1S/C22H24N4O6/c27-19-3-5-26(22(30)23-19)6-4-20(28)24-7-9-25(10-8-24)21(29)16-12-15(16)14-1-2-17-18(11-14)32-13-31-17/h1-3,5,11,15-16H,4,6-10,12-13H2,(H,23,27,30)/t15?,16-/m1/s1. The van der Waals surface area contributed by atoms with E-state index in [-0.39, 0.29) is 43.4 Å². The summed E-state index contributed by atoms with van der Waals surface area (Å²) in [7, 11) is 0. The Bertz CT molecular complexity index is 1160. The first-order valence-corrected chi connectivity index (χ1v) is 10.8. The lowest BCUT2D eigenvalue weighted by Gasteiger charge is -2.35. The van der Waals surface area contributed by atoms with Gasteiger partial charge < -0.3 is 23.8 Å². The Labute approximate surface area is 183 Å². The van der Waals surface area contributed by atoms with E-state index in [1.54, 1.807) is 4.90 Å². The third-order valence-corrected chi connectivity index (χ3v) is 6.34. The fraction of sp³-hybridized carbons (Fsp3) is 0.455. The number of aromatic amines is 1. The average Bonchev–Trinajstić information content (AvgIpc) is 3.46. The molecule has 3 heterocycles. The molecule has 3 aliphatic rings. The van der Waals surface area contributed by atoms with Crippen LogP contribution in [0.5, 0.6) is 11.5 Å². The maximum Gasteiger partial charge on any atom is 0.328 e. The number of ether oxygens (including phenoxy) is 2. The van der Waals surface area contributed by atoms with Gasteiger partial charge in [-0.05, 0) is 30.0 Å². The molecule has 1 aliphatic carbocycles. The molecule has 168 valence electrons. The van der Waals surface area contributed by atoms with E-state index < -0.39 is 11.2 Å². The quantitative estimate of drug-likeness (QED) is 0.707. The number of carbonyl (C=O) groups is 2. The summed E-state index contributed by atoms with van der Waals surface area (Å²) in [5.74, 6) is 1.72. The van der Waals surface area contributed by atoms with E-state index in [1.807, 2.05) is 23.1 Å². The largest absolute Gasteiger partial charge is 0.454 e. The molecule has 5 rings (SSSR count). The van der Waals surface area contributed by atoms with E-state index in [0.717, 1.165) is 23.5 Å². The first kappa shape index (κ1) is 20.3. The van der Waals surface area contributed by atoms with Gasteiger partial charge in [0.15, 0.2) is 11.5 Å². The second kappa shape index (κ2) is 8.18.